The molecule has 4 heteroatoms. The van der Waals surface area contributed by atoms with Crippen LogP contribution in [-0.2, 0) is 6.54 Å². The summed E-state index contributed by atoms with van der Waals surface area (Å²) < 4.78 is 11.4. The van der Waals surface area contributed by atoms with E-state index in [0.29, 0.717) is 13.2 Å². The molecule has 0 bridgehead atoms. The fourth-order valence-corrected chi connectivity index (χ4v) is 1.91. The Morgan fingerprint density at radius 3 is 2.67 bits per heavy atom. The molecule has 2 aromatic rings. The molecule has 112 valence electrons. The molecule has 1 aromatic carbocycles. The fourth-order valence-electron chi connectivity index (χ4n) is 1.91. The van der Waals surface area contributed by atoms with Crippen LogP contribution in [0.2, 0.25) is 0 Å². The molecule has 4 nitrogen and oxygen atoms in total. The van der Waals surface area contributed by atoms with Gasteiger partial charge >= 0.3 is 0 Å². The number of hydrogen-bond acceptors (Lipinski definition) is 4. The molecule has 0 unspecified atom stereocenters. The molecular weight excluding hydrogens is 264 g/mol. The predicted molar refractivity (Wildman–Crippen MR) is 83.7 cm³/mol. The molecule has 0 atom stereocenters. The molecule has 0 radical (unpaired) electrons. The van der Waals surface area contributed by atoms with E-state index in [1.54, 1.807) is 12.4 Å². The number of hydrogen-bond donors (Lipinski definition) is 1. The van der Waals surface area contributed by atoms with E-state index in [0.717, 1.165) is 36.6 Å². The van der Waals surface area contributed by atoms with Gasteiger partial charge in [0.15, 0.2) is 0 Å². The summed E-state index contributed by atoms with van der Waals surface area (Å²) in [4.78, 5) is 4.12. The zero-order valence-corrected chi connectivity index (χ0v) is 12.4. The minimum Gasteiger partial charge on any atom is -0.490 e. The van der Waals surface area contributed by atoms with Gasteiger partial charge in [0.25, 0.3) is 0 Å². The maximum Gasteiger partial charge on any atom is 0.142 e. The maximum absolute atomic E-state index is 5.76. The second kappa shape index (κ2) is 8.97. The number of benzene rings is 1. The average Bonchev–Trinajstić information content (AvgIpc) is 2.54. The van der Waals surface area contributed by atoms with E-state index in [4.69, 9.17) is 9.47 Å². The van der Waals surface area contributed by atoms with Crippen LogP contribution in [0.3, 0.4) is 0 Å². The highest BCUT2D eigenvalue weighted by molar-refractivity contribution is 5.29. The van der Waals surface area contributed by atoms with Crippen molar-refractivity contribution in [2.75, 3.05) is 19.8 Å². The zero-order chi connectivity index (χ0) is 14.8. The van der Waals surface area contributed by atoms with Crippen molar-refractivity contribution in [1.29, 1.82) is 0 Å². The van der Waals surface area contributed by atoms with Crippen LogP contribution >= 0.6 is 0 Å². The highest BCUT2D eigenvalue weighted by Gasteiger charge is 2.03. The number of pyridine rings is 1. The topological polar surface area (TPSA) is 43.4 Å². The standard InChI is InChI=1S/C17H22N2O2/c1-2-9-18-13-15-8-10-19-14-17(15)21-12-11-20-16-6-4-3-5-7-16/h3-8,10,14,18H,2,9,11-13H2,1H3. The predicted octanol–water partition coefficient (Wildman–Crippen LogP) is 3.04. The highest BCUT2D eigenvalue weighted by atomic mass is 16.5. The molecule has 1 N–H and O–H groups in total. The summed E-state index contributed by atoms with van der Waals surface area (Å²) >= 11 is 0. The van der Waals surface area contributed by atoms with Crippen LogP contribution in [0.4, 0.5) is 0 Å². The molecule has 0 saturated carbocycles. The minimum absolute atomic E-state index is 0.501. The molecule has 21 heavy (non-hydrogen) atoms. The van der Waals surface area contributed by atoms with Crippen molar-refractivity contribution in [1.82, 2.24) is 10.3 Å². The van der Waals surface area contributed by atoms with E-state index in [1.807, 2.05) is 36.4 Å². The lowest BCUT2D eigenvalue weighted by atomic mass is 10.2. The molecule has 0 amide bonds. The highest BCUT2D eigenvalue weighted by Crippen LogP contribution is 2.16. The Labute approximate surface area is 126 Å². The van der Waals surface area contributed by atoms with Gasteiger partial charge in [-0.1, -0.05) is 25.1 Å². The summed E-state index contributed by atoms with van der Waals surface area (Å²) in [6.45, 7) is 4.96. The lowest BCUT2D eigenvalue weighted by Crippen LogP contribution is -2.16. The van der Waals surface area contributed by atoms with Gasteiger partial charge in [0.2, 0.25) is 0 Å². The van der Waals surface area contributed by atoms with Gasteiger partial charge in [-0.25, -0.2) is 0 Å². The van der Waals surface area contributed by atoms with Gasteiger partial charge in [0.1, 0.15) is 24.7 Å². The van der Waals surface area contributed by atoms with Crippen molar-refractivity contribution in [2.45, 2.75) is 19.9 Å². The van der Waals surface area contributed by atoms with Gasteiger partial charge < -0.3 is 14.8 Å². The fraction of sp³-hybridized carbons (Fsp3) is 0.353. The number of para-hydroxylation sites is 1. The quantitative estimate of drug-likeness (QED) is 0.720. The van der Waals surface area contributed by atoms with Gasteiger partial charge in [0.05, 0.1) is 6.20 Å². The number of aromatic nitrogens is 1. The molecular formula is C17H22N2O2. The van der Waals surface area contributed by atoms with Crippen LogP contribution in [0, 0.1) is 0 Å². The Morgan fingerprint density at radius 2 is 1.86 bits per heavy atom. The molecule has 0 saturated heterocycles. The second-order valence-corrected chi connectivity index (χ2v) is 4.67. The molecule has 1 aromatic heterocycles. The van der Waals surface area contributed by atoms with Crippen LogP contribution in [0.1, 0.15) is 18.9 Å². The summed E-state index contributed by atoms with van der Waals surface area (Å²) in [6, 6.07) is 11.7. The first-order valence-electron chi connectivity index (χ1n) is 7.34. The SMILES string of the molecule is CCCNCc1ccncc1OCCOc1ccccc1. The van der Waals surface area contributed by atoms with Crippen molar-refractivity contribution in [2.24, 2.45) is 0 Å². The van der Waals surface area contributed by atoms with E-state index in [-0.39, 0.29) is 0 Å². The van der Waals surface area contributed by atoms with Gasteiger partial charge in [-0.05, 0) is 31.2 Å². The van der Waals surface area contributed by atoms with E-state index in [2.05, 4.69) is 17.2 Å². The van der Waals surface area contributed by atoms with E-state index < -0.39 is 0 Å². The summed E-state index contributed by atoms with van der Waals surface area (Å²) in [6.07, 6.45) is 4.66. The Kier molecular flexibility index (Phi) is 6.55. The number of ether oxygens (including phenoxy) is 2. The Morgan fingerprint density at radius 1 is 1.05 bits per heavy atom. The Balaban J connectivity index is 1.77. The first-order chi connectivity index (χ1) is 10.4. The van der Waals surface area contributed by atoms with Crippen molar-refractivity contribution >= 4 is 0 Å². The van der Waals surface area contributed by atoms with E-state index in [9.17, 15) is 0 Å². The van der Waals surface area contributed by atoms with Gasteiger partial charge in [-0.15, -0.1) is 0 Å². The lowest BCUT2D eigenvalue weighted by molar-refractivity contribution is 0.215. The molecule has 0 spiro atoms. The molecule has 1 heterocycles. The normalized spacial score (nSPS) is 10.3. The van der Waals surface area contributed by atoms with Crippen LogP contribution in [0.5, 0.6) is 11.5 Å². The summed E-state index contributed by atoms with van der Waals surface area (Å²) in [7, 11) is 0. The van der Waals surface area contributed by atoms with E-state index in [1.165, 1.54) is 0 Å². The van der Waals surface area contributed by atoms with Crippen molar-refractivity contribution in [3.63, 3.8) is 0 Å². The van der Waals surface area contributed by atoms with Crippen molar-refractivity contribution < 1.29 is 9.47 Å². The van der Waals surface area contributed by atoms with Crippen LogP contribution in [0.25, 0.3) is 0 Å². The van der Waals surface area contributed by atoms with Gasteiger partial charge in [-0.2, -0.15) is 0 Å². The lowest BCUT2D eigenvalue weighted by Gasteiger charge is -2.12. The molecule has 0 fully saturated rings. The van der Waals surface area contributed by atoms with E-state index >= 15 is 0 Å². The number of rotatable bonds is 9. The molecule has 2 rings (SSSR count). The third-order valence-electron chi connectivity index (χ3n) is 2.97. The second-order valence-electron chi connectivity index (χ2n) is 4.67. The zero-order valence-electron chi connectivity index (χ0n) is 12.4. The Bertz CT molecular complexity index is 517. The molecule has 0 aliphatic carbocycles. The summed E-state index contributed by atoms with van der Waals surface area (Å²) in [5, 5.41) is 3.37. The van der Waals surface area contributed by atoms with Crippen LogP contribution in [0.15, 0.2) is 48.8 Å². The van der Waals surface area contributed by atoms with Crippen LogP contribution < -0.4 is 14.8 Å². The monoisotopic (exact) mass is 286 g/mol. The molecule has 0 aliphatic rings. The Hall–Kier alpha value is -2.07. The maximum atomic E-state index is 5.76. The molecule has 0 aliphatic heterocycles. The first kappa shape index (κ1) is 15.3. The van der Waals surface area contributed by atoms with Crippen LogP contribution in [-0.4, -0.2) is 24.7 Å². The number of nitrogens with zero attached hydrogens (tertiary/aromatic N) is 1. The van der Waals surface area contributed by atoms with Crippen molar-refractivity contribution in [3.8, 4) is 11.5 Å². The van der Waals surface area contributed by atoms with Gasteiger partial charge in [-0.3, -0.25) is 4.98 Å². The third-order valence-corrected chi connectivity index (χ3v) is 2.97. The number of nitrogens with one attached hydrogen (secondary N) is 1. The minimum atomic E-state index is 0.501. The summed E-state index contributed by atoms with van der Waals surface area (Å²) in [5.41, 5.74) is 1.12. The summed E-state index contributed by atoms with van der Waals surface area (Å²) in [5.74, 6) is 1.68. The smallest absolute Gasteiger partial charge is 0.142 e. The average molecular weight is 286 g/mol. The third kappa shape index (κ3) is 5.44. The largest absolute Gasteiger partial charge is 0.490 e. The van der Waals surface area contributed by atoms with Gasteiger partial charge in [0, 0.05) is 18.3 Å². The first-order valence-corrected chi connectivity index (χ1v) is 7.34. The van der Waals surface area contributed by atoms with Crippen molar-refractivity contribution in [3.05, 3.63) is 54.4 Å².